The smallest absolute Gasteiger partial charge is 0.335 e. The average molecular weight is 299 g/mol. The van der Waals surface area contributed by atoms with Crippen LogP contribution in [0.4, 0.5) is 8.78 Å². The van der Waals surface area contributed by atoms with Gasteiger partial charge in [-0.2, -0.15) is 0 Å². The molecule has 0 unspecified atom stereocenters. The van der Waals surface area contributed by atoms with Crippen molar-refractivity contribution in [2.45, 2.75) is 6.61 Å². The first-order valence-corrected chi connectivity index (χ1v) is 5.94. The lowest BCUT2D eigenvalue weighted by Crippen LogP contribution is -2.00. The number of halogens is 3. The van der Waals surface area contributed by atoms with Crippen LogP contribution in [0.3, 0.4) is 0 Å². The molecular formula is C14H9ClF2O3. The van der Waals surface area contributed by atoms with Crippen LogP contribution < -0.4 is 4.74 Å². The van der Waals surface area contributed by atoms with Gasteiger partial charge in [0.05, 0.1) is 10.6 Å². The maximum atomic E-state index is 13.0. The van der Waals surface area contributed by atoms with E-state index in [1.165, 1.54) is 18.2 Å². The lowest BCUT2D eigenvalue weighted by molar-refractivity contribution is 0.0697. The minimum atomic E-state index is -1.11. The molecule has 1 N–H and O–H groups in total. The number of carboxylic acids is 1. The molecule has 0 aromatic heterocycles. The Hall–Kier alpha value is -2.14. The summed E-state index contributed by atoms with van der Waals surface area (Å²) in [6.45, 7) is -0.0825. The average Bonchev–Trinajstić information content (AvgIpc) is 2.36. The van der Waals surface area contributed by atoms with E-state index in [0.29, 0.717) is 5.56 Å². The van der Waals surface area contributed by atoms with Gasteiger partial charge in [0.25, 0.3) is 0 Å². The zero-order valence-electron chi connectivity index (χ0n) is 10.1. The summed E-state index contributed by atoms with van der Waals surface area (Å²) in [4.78, 5) is 10.7. The zero-order chi connectivity index (χ0) is 14.7. The number of carboxylic acid groups (broad SMARTS) is 1. The predicted molar refractivity (Wildman–Crippen MR) is 69.1 cm³/mol. The Morgan fingerprint density at radius 1 is 1.15 bits per heavy atom. The quantitative estimate of drug-likeness (QED) is 0.931. The molecule has 0 atom stereocenters. The summed E-state index contributed by atoms with van der Waals surface area (Å²) in [5, 5.41) is 8.90. The third kappa shape index (κ3) is 3.45. The lowest BCUT2D eigenvalue weighted by Gasteiger charge is -2.09. The summed E-state index contributed by atoms with van der Waals surface area (Å²) in [7, 11) is 0. The Kier molecular flexibility index (Phi) is 4.20. The molecule has 0 saturated heterocycles. The van der Waals surface area contributed by atoms with Crippen molar-refractivity contribution in [2.75, 3.05) is 0 Å². The normalized spacial score (nSPS) is 10.3. The van der Waals surface area contributed by atoms with Gasteiger partial charge in [0.2, 0.25) is 0 Å². The van der Waals surface area contributed by atoms with E-state index in [1.807, 2.05) is 0 Å². The third-order valence-corrected chi connectivity index (χ3v) is 2.79. The van der Waals surface area contributed by atoms with Gasteiger partial charge in [-0.3, -0.25) is 0 Å². The highest BCUT2D eigenvalue weighted by Gasteiger charge is 2.08. The molecule has 2 aromatic carbocycles. The molecule has 104 valence electrons. The molecule has 0 aliphatic carbocycles. The summed E-state index contributed by atoms with van der Waals surface area (Å²) in [5.41, 5.74) is 0.333. The van der Waals surface area contributed by atoms with E-state index in [4.69, 9.17) is 21.4 Å². The van der Waals surface area contributed by atoms with Crippen LogP contribution in [-0.4, -0.2) is 11.1 Å². The van der Waals surface area contributed by atoms with E-state index >= 15 is 0 Å². The van der Waals surface area contributed by atoms with Crippen LogP contribution in [0.25, 0.3) is 0 Å². The largest absolute Gasteiger partial charge is 0.487 e. The van der Waals surface area contributed by atoms with Crippen molar-refractivity contribution in [3.8, 4) is 5.75 Å². The van der Waals surface area contributed by atoms with Gasteiger partial charge in [0.1, 0.15) is 24.0 Å². The van der Waals surface area contributed by atoms with Crippen LogP contribution in [0.5, 0.6) is 5.75 Å². The van der Waals surface area contributed by atoms with E-state index < -0.39 is 17.6 Å². The second-order valence-corrected chi connectivity index (χ2v) is 4.42. The highest BCUT2D eigenvalue weighted by atomic mass is 35.5. The number of benzene rings is 2. The summed E-state index contributed by atoms with van der Waals surface area (Å²) in [6, 6.07) is 7.01. The third-order valence-electron chi connectivity index (χ3n) is 2.50. The number of hydrogen-bond donors (Lipinski definition) is 1. The molecule has 0 radical (unpaired) electrons. The summed E-state index contributed by atoms with van der Waals surface area (Å²) in [5.74, 6) is -2.26. The summed E-state index contributed by atoms with van der Waals surface area (Å²) in [6.07, 6.45) is 0. The Labute approximate surface area is 118 Å². The van der Waals surface area contributed by atoms with E-state index in [1.54, 1.807) is 0 Å². The molecule has 6 heteroatoms. The molecule has 0 aliphatic heterocycles. The van der Waals surface area contributed by atoms with Gasteiger partial charge >= 0.3 is 5.97 Å². The first-order chi connectivity index (χ1) is 9.45. The molecule has 0 fully saturated rings. The molecule has 2 rings (SSSR count). The number of hydrogen-bond acceptors (Lipinski definition) is 2. The fourth-order valence-electron chi connectivity index (χ4n) is 1.61. The number of rotatable bonds is 4. The van der Waals surface area contributed by atoms with E-state index in [9.17, 15) is 13.6 Å². The standard InChI is InChI=1S/C14H9ClF2O3/c15-12-5-9(14(18)19)1-2-13(12)20-7-8-3-10(16)6-11(17)4-8/h1-6H,7H2,(H,18,19). The van der Waals surface area contributed by atoms with E-state index in [2.05, 4.69) is 0 Å². The highest BCUT2D eigenvalue weighted by molar-refractivity contribution is 6.32. The molecule has 3 nitrogen and oxygen atoms in total. The SMILES string of the molecule is O=C(O)c1ccc(OCc2cc(F)cc(F)c2)c(Cl)c1. The number of aromatic carboxylic acids is 1. The van der Waals surface area contributed by atoms with Gasteiger partial charge in [-0.05, 0) is 35.9 Å². The van der Waals surface area contributed by atoms with Crippen LogP contribution in [0.2, 0.25) is 5.02 Å². The first-order valence-electron chi connectivity index (χ1n) is 5.56. The Morgan fingerprint density at radius 3 is 2.35 bits per heavy atom. The highest BCUT2D eigenvalue weighted by Crippen LogP contribution is 2.26. The van der Waals surface area contributed by atoms with E-state index in [0.717, 1.165) is 18.2 Å². The topological polar surface area (TPSA) is 46.5 Å². The van der Waals surface area contributed by atoms with Crippen LogP contribution in [0, 0.1) is 11.6 Å². The molecule has 0 bridgehead atoms. The summed E-state index contributed by atoms with van der Waals surface area (Å²) < 4.78 is 31.3. The van der Waals surface area contributed by atoms with Crippen molar-refractivity contribution < 1.29 is 23.4 Å². The molecule has 0 spiro atoms. The van der Waals surface area contributed by atoms with Gasteiger partial charge in [-0.25, -0.2) is 13.6 Å². The van der Waals surface area contributed by atoms with Crippen LogP contribution in [-0.2, 0) is 6.61 Å². The van der Waals surface area contributed by atoms with Gasteiger partial charge in [0, 0.05) is 6.07 Å². The monoisotopic (exact) mass is 298 g/mol. The lowest BCUT2D eigenvalue weighted by atomic mass is 10.2. The fraction of sp³-hybridized carbons (Fsp3) is 0.0714. The molecule has 0 amide bonds. The van der Waals surface area contributed by atoms with Gasteiger partial charge in [-0.1, -0.05) is 11.6 Å². The van der Waals surface area contributed by atoms with Crippen LogP contribution in [0.15, 0.2) is 36.4 Å². The predicted octanol–water partition coefficient (Wildman–Crippen LogP) is 3.90. The van der Waals surface area contributed by atoms with Gasteiger partial charge in [0.15, 0.2) is 0 Å². The van der Waals surface area contributed by atoms with Crippen LogP contribution in [0.1, 0.15) is 15.9 Å². The van der Waals surface area contributed by atoms with Crippen molar-refractivity contribution in [1.82, 2.24) is 0 Å². The molecule has 2 aromatic rings. The van der Waals surface area contributed by atoms with Crippen molar-refractivity contribution in [3.05, 3.63) is 64.2 Å². The maximum Gasteiger partial charge on any atom is 0.335 e. The molecule has 0 saturated carbocycles. The minimum absolute atomic E-state index is 0.0270. The maximum absolute atomic E-state index is 13.0. The van der Waals surface area contributed by atoms with Crippen molar-refractivity contribution in [3.63, 3.8) is 0 Å². The Morgan fingerprint density at radius 2 is 1.80 bits per heavy atom. The van der Waals surface area contributed by atoms with Crippen molar-refractivity contribution >= 4 is 17.6 Å². The van der Waals surface area contributed by atoms with Crippen molar-refractivity contribution in [2.24, 2.45) is 0 Å². The zero-order valence-corrected chi connectivity index (χ0v) is 10.8. The number of ether oxygens (including phenoxy) is 1. The fourth-order valence-corrected chi connectivity index (χ4v) is 1.84. The molecule has 20 heavy (non-hydrogen) atoms. The molecule has 0 heterocycles. The second kappa shape index (κ2) is 5.88. The van der Waals surface area contributed by atoms with Crippen LogP contribution >= 0.6 is 11.6 Å². The van der Waals surface area contributed by atoms with E-state index in [-0.39, 0.29) is 22.9 Å². The molecule has 0 aliphatic rings. The minimum Gasteiger partial charge on any atom is -0.487 e. The molecular weight excluding hydrogens is 290 g/mol. The van der Waals surface area contributed by atoms with Crippen molar-refractivity contribution in [1.29, 1.82) is 0 Å². The first kappa shape index (κ1) is 14.3. The van der Waals surface area contributed by atoms with Gasteiger partial charge < -0.3 is 9.84 Å². The summed E-state index contributed by atoms with van der Waals surface area (Å²) >= 11 is 5.87. The second-order valence-electron chi connectivity index (χ2n) is 4.02. The van der Waals surface area contributed by atoms with Gasteiger partial charge in [-0.15, -0.1) is 0 Å². The Balaban J connectivity index is 2.12. The number of carbonyl (C=O) groups is 1. The Bertz CT molecular complexity index is 639.